The summed E-state index contributed by atoms with van der Waals surface area (Å²) in [7, 11) is 0. The molecule has 1 aromatic carbocycles. The first-order valence-corrected chi connectivity index (χ1v) is 3.63. The molecule has 7 heteroatoms. The number of nitrogens with two attached hydrogens (primary N) is 1. The van der Waals surface area contributed by atoms with Crippen molar-refractivity contribution in [1.82, 2.24) is 5.43 Å². The van der Waals surface area contributed by atoms with Gasteiger partial charge in [-0.25, -0.2) is 0 Å². The van der Waals surface area contributed by atoms with Crippen LogP contribution in [0.4, 0.5) is 13.2 Å². The Hall–Kier alpha value is -0.490. The number of hydrazine groups is 1. The van der Waals surface area contributed by atoms with Crippen LogP contribution in [0.2, 0.25) is 0 Å². The van der Waals surface area contributed by atoms with Gasteiger partial charge in [0.2, 0.25) is 0 Å². The van der Waals surface area contributed by atoms with Crippen molar-refractivity contribution < 1.29 is 13.2 Å². The fourth-order valence-electron chi connectivity index (χ4n) is 0.975. The lowest BCUT2D eigenvalue weighted by Gasteiger charge is -2.07. The monoisotopic (exact) mass is 262 g/mol. The van der Waals surface area contributed by atoms with E-state index in [2.05, 4.69) is 5.43 Å². The summed E-state index contributed by atoms with van der Waals surface area (Å²) in [5, 5.41) is 0. The van der Waals surface area contributed by atoms with Crippen LogP contribution in [0.15, 0.2) is 24.3 Å². The third-order valence-corrected chi connectivity index (χ3v) is 1.56. The molecule has 0 spiro atoms. The highest BCUT2D eigenvalue weighted by molar-refractivity contribution is 5.85. The number of hydrogen-bond donors (Lipinski definition) is 2. The first-order valence-electron chi connectivity index (χ1n) is 3.63. The Balaban J connectivity index is 0. The van der Waals surface area contributed by atoms with Gasteiger partial charge in [-0.2, -0.15) is 13.2 Å². The maximum atomic E-state index is 12.2. The minimum Gasteiger partial charge on any atom is -0.271 e. The van der Waals surface area contributed by atoms with Gasteiger partial charge in [-0.05, 0) is 11.6 Å². The van der Waals surface area contributed by atoms with Gasteiger partial charge in [0.05, 0.1) is 5.56 Å². The van der Waals surface area contributed by atoms with Crippen molar-refractivity contribution >= 4 is 24.8 Å². The van der Waals surface area contributed by atoms with Crippen molar-refractivity contribution in [3.05, 3.63) is 35.4 Å². The Morgan fingerprint density at radius 1 is 1.20 bits per heavy atom. The van der Waals surface area contributed by atoms with E-state index in [1.54, 1.807) is 6.07 Å². The third-order valence-electron chi connectivity index (χ3n) is 1.56. The van der Waals surface area contributed by atoms with Crippen LogP contribution >= 0.6 is 24.8 Å². The highest BCUT2D eigenvalue weighted by Crippen LogP contribution is 2.29. The minimum atomic E-state index is -4.29. The van der Waals surface area contributed by atoms with E-state index in [4.69, 9.17) is 5.84 Å². The maximum Gasteiger partial charge on any atom is 0.416 e. The second-order valence-corrected chi connectivity index (χ2v) is 2.58. The number of benzene rings is 1. The molecule has 0 unspecified atom stereocenters. The van der Waals surface area contributed by atoms with Crippen LogP contribution < -0.4 is 11.3 Å². The summed E-state index contributed by atoms with van der Waals surface area (Å²) in [5.41, 5.74) is 2.15. The Bertz CT molecular complexity index is 291. The summed E-state index contributed by atoms with van der Waals surface area (Å²) in [6.07, 6.45) is -4.29. The molecular formula is C8H11Cl2F3N2. The van der Waals surface area contributed by atoms with Gasteiger partial charge in [-0.15, -0.1) is 24.8 Å². The topological polar surface area (TPSA) is 38.0 Å². The third kappa shape index (κ3) is 5.22. The van der Waals surface area contributed by atoms with Crippen molar-refractivity contribution in [2.75, 3.05) is 0 Å². The summed E-state index contributed by atoms with van der Waals surface area (Å²) >= 11 is 0. The van der Waals surface area contributed by atoms with E-state index in [0.29, 0.717) is 5.56 Å². The van der Waals surface area contributed by atoms with E-state index in [1.807, 2.05) is 0 Å². The maximum absolute atomic E-state index is 12.2. The van der Waals surface area contributed by atoms with Crippen molar-refractivity contribution in [1.29, 1.82) is 0 Å². The predicted molar refractivity (Wildman–Crippen MR) is 57.0 cm³/mol. The summed E-state index contributed by atoms with van der Waals surface area (Å²) in [4.78, 5) is 0. The number of rotatable bonds is 2. The van der Waals surface area contributed by atoms with Gasteiger partial charge in [0.15, 0.2) is 0 Å². The molecular weight excluding hydrogens is 252 g/mol. The average Bonchev–Trinajstić information content (AvgIpc) is 2.04. The van der Waals surface area contributed by atoms with Crippen LogP contribution in [0.3, 0.4) is 0 Å². The van der Waals surface area contributed by atoms with Crippen molar-refractivity contribution in [3.63, 3.8) is 0 Å². The zero-order chi connectivity index (χ0) is 9.90. The first kappa shape index (κ1) is 16.9. The highest BCUT2D eigenvalue weighted by Gasteiger charge is 2.30. The quantitative estimate of drug-likeness (QED) is 0.635. The fraction of sp³-hybridized carbons (Fsp3) is 0.250. The van der Waals surface area contributed by atoms with Gasteiger partial charge >= 0.3 is 6.18 Å². The molecule has 0 saturated carbocycles. The van der Waals surface area contributed by atoms with Crippen molar-refractivity contribution in [2.45, 2.75) is 12.7 Å². The molecule has 0 aliphatic heterocycles. The normalized spacial score (nSPS) is 10.1. The molecule has 0 heterocycles. The van der Waals surface area contributed by atoms with E-state index in [1.165, 1.54) is 6.07 Å². The first-order chi connectivity index (χ1) is 6.04. The Morgan fingerprint density at radius 2 is 1.80 bits per heavy atom. The fourth-order valence-corrected chi connectivity index (χ4v) is 0.975. The molecule has 0 fully saturated rings. The molecule has 0 bridgehead atoms. The van der Waals surface area contributed by atoms with Crippen LogP contribution in [-0.2, 0) is 12.7 Å². The summed E-state index contributed by atoms with van der Waals surface area (Å²) in [6, 6.07) is 5.03. The smallest absolute Gasteiger partial charge is 0.271 e. The van der Waals surface area contributed by atoms with Crippen molar-refractivity contribution in [2.24, 2.45) is 5.84 Å². The Morgan fingerprint density at radius 3 is 2.27 bits per heavy atom. The number of halogens is 5. The molecule has 3 N–H and O–H groups in total. The van der Waals surface area contributed by atoms with E-state index in [9.17, 15) is 13.2 Å². The predicted octanol–water partition coefficient (Wildman–Crippen LogP) is 2.51. The second kappa shape index (κ2) is 6.90. The molecule has 0 aliphatic carbocycles. The van der Waals surface area contributed by atoms with E-state index in [-0.39, 0.29) is 31.4 Å². The largest absolute Gasteiger partial charge is 0.416 e. The minimum absolute atomic E-state index is 0. The summed E-state index contributed by atoms with van der Waals surface area (Å²) in [6.45, 7) is 0.226. The highest BCUT2D eigenvalue weighted by atomic mass is 35.5. The van der Waals surface area contributed by atoms with Gasteiger partial charge < -0.3 is 0 Å². The zero-order valence-corrected chi connectivity index (χ0v) is 9.18. The zero-order valence-electron chi connectivity index (χ0n) is 7.54. The lowest BCUT2D eigenvalue weighted by Crippen LogP contribution is -2.21. The molecule has 0 atom stereocenters. The SMILES string of the molecule is Cl.Cl.NNCc1cccc(C(F)(F)F)c1. The van der Waals surface area contributed by atoms with Gasteiger partial charge in [0, 0.05) is 6.54 Å². The van der Waals surface area contributed by atoms with Crippen LogP contribution in [-0.4, -0.2) is 0 Å². The second-order valence-electron chi connectivity index (χ2n) is 2.58. The number of nitrogens with one attached hydrogen (secondary N) is 1. The average molecular weight is 263 g/mol. The number of hydrogen-bond acceptors (Lipinski definition) is 2. The lowest BCUT2D eigenvalue weighted by atomic mass is 10.1. The van der Waals surface area contributed by atoms with Crippen molar-refractivity contribution in [3.8, 4) is 0 Å². The standard InChI is InChI=1S/C8H9F3N2.2ClH/c9-8(10,11)7-3-1-2-6(4-7)5-13-12;;/h1-4,13H,5,12H2;2*1H. The molecule has 1 rings (SSSR count). The van der Waals surface area contributed by atoms with Crippen LogP contribution in [0.25, 0.3) is 0 Å². The number of alkyl halides is 3. The molecule has 0 saturated heterocycles. The summed E-state index contributed by atoms with van der Waals surface area (Å²) < 4.78 is 36.5. The summed E-state index contributed by atoms with van der Waals surface area (Å²) in [5.74, 6) is 4.99. The van der Waals surface area contributed by atoms with Gasteiger partial charge in [-0.3, -0.25) is 11.3 Å². The van der Waals surface area contributed by atoms with E-state index in [0.717, 1.165) is 12.1 Å². The van der Waals surface area contributed by atoms with Gasteiger partial charge in [0.25, 0.3) is 0 Å². The Kier molecular flexibility index (Phi) is 7.78. The van der Waals surface area contributed by atoms with Gasteiger partial charge in [-0.1, -0.05) is 18.2 Å². The van der Waals surface area contributed by atoms with Crippen LogP contribution in [0.5, 0.6) is 0 Å². The molecule has 0 aromatic heterocycles. The molecule has 88 valence electrons. The van der Waals surface area contributed by atoms with Crippen LogP contribution in [0.1, 0.15) is 11.1 Å². The molecule has 0 aliphatic rings. The van der Waals surface area contributed by atoms with Gasteiger partial charge in [0.1, 0.15) is 0 Å². The molecule has 15 heavy (non-hydrogen) atoms. The Labute approximate surface area is 97.8 Å². The molecule has 1 aromatic rings. The lowest BCUT2D eigenvalue weighted by molar-refractivity contribution is -0.137. The molecule has 0 amide bonds. The van der Waals surface area contributed by atoms with E-state index < -0.39 is 11.7 Å². The molecule has 0 radical (unpaired) electrons. The molecule has 2 nitrogen and oxygen atoms in total. The van der Waals surface area contributed by atoms with Crippen LogP contribution in [0, 0.1) is 0 Å². The van der Waals surface area contributed by atoms with E-state index >= 15 is 0 Å².